The van der Waals surface area contributed by atoms with Gasteiger partial charge in [0, 0.05) is 15.9 Å². The third-order valence-corrected chi connectivity index (χ3v) is 4.48. The van der Waals surface area contributed by atoms with Crippen LogP contribution < -0.4 is 10.4 Å². The first-order chi connectivity index (χ1) is 11.5. The third kappa shape index (κ3) is 2.37. The van der Waals surface area contributed by atoms with E-state index in [-0.39, 0.29) is 0 Å². The fourth-order valence-electron chi connectivity index (χ4n) is 2.82. The van der Waals surface area contributed by atoms with Gasteiger partial charge in [-0.3, -0.25) is 0 Å². The molecule has 0 amide bonds. The number of carbonyl (C=O) groups is 1. The summed E-state index contributed by atoms with van der Waals surface area (Å²) in [6, 6.07) is 12.5. The molecule has 0 spiro atoms. The van der Waals surface area contributed by atoms with Crippen LogP contribution >= 0.6 is 15.9 Å². The van der Waals surface area contributed by atoms with Crippen molar-refractivity contribution in [1.82, 2.24) is 0 Å². The molecule has 0 fully saturated rings. The van der Waals surface area contributed by atoms with Crippen LogP contribution in [0.2, 0.25) is 0 Å². The van der Waals surface area contributed by atoms with Crippen molar-refractivity contribution in [3.63, 3.8) is 0 Å². The number of rotatable bonds is 1. The Morgan fingerprint density at radius 3 is 2.54 bits per heavy atom. The van der Waals surface area contributed by atoms with Crippen LogP contribution in [0.25, 0.3) is 22.6 Å². The van der Waals surface area contributed by atoms with Gasteiger partial charge in [0.15, 0.2) is 5.58 Å². The van der Waals surface area contributed by atoms with Crippen LogP contribution in [0.5, 0.6) is 5.75 Å². The summed E-state index contributed by atoms with van der Waals surface area (Å²) in [4.78, 5) is 24.1. The molecule has 4 rings (SSSR count). The van der Waals surface area contributed by atoms with E-state index in [0.717, 1.165) is 21.0 Å². The smallest absolute Gasteiger partial charge is 0.344 e. The van der Waals surface area contributed by atoms with Crippen molar-refractivity contribution in [2.45, 2.75) is 6.92 Å². The van der Waals surface area contributed by atoms with Gasteiger partial charge in [-0.25, -0.2) is 9.59 Å². The minimum atomic E-state index is -0.454. The highest BCUT2D eigenvalue weighted by Gasteiger charge is 2.30. The lowest BCUT2D eigenvalue weighted by Gasteiger charge is -2.04. The van der Waals surface area contributed by atoms with Crippen molar-refractivity contribution in [2.24, 2.45) is 0 Å². The van der Waals surface area contributed by atoms with Gasteiger partial charge in [-0.05, 0) is 48.4 Å². The zero-order valence-electron chi connectivity index (χ0n) is 12.6. The van der Waals surface area contributed by atoms with Gasteiger partial charge in [0.2, 0.25) is 0 Å². The SMILES string of the molecule is Cc1cc(=O)oc2c3c(ccc12)OC(=O)/C3=C\c1ccc(Br)cc1. The third-order valence-electron chi connectivity index (χ3n) is 3.95. The largest absolute Gasteiger partial charge is 0.422 e. The van der Waals surface area contributed by atoms with E-state index in [1.165, 1.54) is 6.07 Å². The molecule has 0 N–H and O–H groups in total. The van der Waals surface area contributed by atoms with Gasteiger partial charge < -0.3 is 9.15 Å². The predicted octanol–water partition coefficient (Wildman–Crippen LogP) is 4.32. The Morgan fingerprint density at radius 1 is 1.04 bits per heavy atom. The second kappa shape index (κ2) is 5.46. The Labute approximate surface area is 145 Å². The molecule has 0 aliphatic carbocycles. The van der Waals surface area contributed by atoms with Crippen LogP contribution in [0.3, 0.4) is 0 Å². The molecular formula is C19H11BrO4. The summed E-state index contributed by atoms with van der Waals surface area (Å²) in [6.45, 7) is 1.83. The van der Waals surface area contributed by atoms with E-state index in [1.807, 2.05) is 31.2 Å². The van der Waals surface area contributed by atoms with Crippen LogP contribution in [0, 0.1) is 6.92 Å². The van der Waals surface area contributed by atoms with Crippen molar-refractivity contribution >= 4 is 44.5 Å². The first kappa shape index (κ1) is 14.9. The Bertz CT molecular complexity index is 1070. The van der Waals surface area contributed by atoms with Crippen LogP contribution in [-0.4, -0.2) is 5.97 Å². The Kier molecular flexibility index (Phi) is 3.39. The summed E-state index contributed by atoms with van der Waals surface area (Å²) >= 11 is 3.38. The van der Waals surface area contributed by atoms with Gasteiger partial charge in [-0.1, -0.05) is 28.1 Å². The summed E-state index contributed by atoms with van der Waals surface area (Å²) in [7, 11) is 0. The maximum absolute atomic E-state index is 12.3. The van der Waals surface area contributed by atoms with Crippen molar-refractivity contribution < 1.29 is 13.9 Å². The number of aryl methyl sites for hydroxylation is 1. The van der Waals surface area contributed by atoms with Crippen LogP contribution in [0.4, 0.5) is 0 Å². The molecule has 118 valence electrons. The van der Waals surface area contributed by atoms with Gasteiger partial charge in [0.1, 0.15) is 5.75 Å². The molecule has 3 aromatic rings. The average molecular weight is 383 g/mol. The van der Waals surface area contributed by atoms with E-state index in [0.29, 0.717) is 22.5 Å². The fourth-order valence-corrected chi connectivity index (χ4v) is 3.08. The molecule has 0 bridgehead atoms. The highest BCUT2D eigenvalue weighted by molar-refractivity contribution is 9.10. The first-order valence-corrected chi connectivity index (χ1v) is 8.09. The van der Waals surface area contributed by atoms with Gasteiger partial charge >= 0.3 is 11.6 Å². The lowest BCUT2D eigenvalue weighted by atomic mass is 10.00. The molecule has 1 aliphatic rings. The molecule has 0 radical (unpaired) electrons. The number of fused-ring (bicyclic) bond motifs is 3. The van der Waals surface area contributed by atoms with E-state index >= 15 is 0 Å². The number of carbonyl (C=O) groups excluding carboxylic acids is 1. The minimum Gasteiger partial charge on any atom is -0.422 e. The standard InChI is InChI=1S/C19H11BrO4/c1-10-8-16(21)24-18-13(10)6-7-15-17(18)14(19(22)23-15)9-11-2-4-12(20)5-3-11/h2-9H,1H3/b14-9-. The highest BCUT2D eigenvalue weighted by Crippen LogP contribution is 2.40. The zero-order chi connectivity index (χ0) is 16.8. The summed E-state index contributed by atoms with van der Waals surface area (Å²) in [5, 5.41) is 0.786. The fraction of sp³-hybridized carbons (Fsp3) is 0.0526. The molecule has 0 saturated heterocycles. The van der Waals surface area contributed by atoms with Crippen LogP contribution in [-0.2, 0) is 4.79 Å². The Morgan fingerprint density at radius 2 is 1.79 bits per heavy atom. The monoisotopic (exact) mass is 382 g/mol. The summed E-state index contributed by atoms with van der Waals surface area (Å²) in [5.74, 6) is -0.0471. The molecule has 2 heterocycles. The molecule has 24 heavy (non-hydrogen) atoms. The first-order valence-electron chi connectivity index (χ1n) is 7.30. The summed E-state index contributed by atoms with van der Waals surface area (Å²) < 4.78 is 11.7. The summed E-state index contributed by atoms with van der Waals surface area (Å²) in [5.41, 5.74) is 2.49. The maximum Gasteiger partial charge on any atom is 0.344 e. The molecule has 1 aromatic heterocycles. The lowest BCUT2D eigenvalue weighted by Crippen LogP contribution is -2.01. The number of hydrogen-bond donors (Lipinski definition) is 0. The van der Waals surface area contributed by atoms with Crippen molar-refractivity contribution in [3.8, 4) is 5.75 Å². The second-order valence-electron chi connectivity index (χ2n) is 5.56. The molecular weight excluding hydrogens is 372 g/mol. The molecule has 0 unspecified atom stereocenters. The molecule has 4 nitrogen and oxygen atoms in total. The quantitative estimate of drug-likeness (QED) is 0.272. The highest BCUT2D eigenvalue weighted by atomic mass is 79.9. The van der Waals surface area contributed by atoms with E-state index in [9.17, 15) is 9.59 Å². The predicted molar refractivity (Wildman–Crippen MR) is 94.9 cm³/mol. The normalized spacial score (nSPS) is 14.9. The summed E-state index contributed by atoms with van der Waals surface area (Å²) in [6.07, 6.45) is 1.74. The Hall–Kier alpha value is -2.66. The van der Waals surface area contributed by atoms with E-state index in [4.69, 9.17) is 9.15 Å². The second-order valence-corrected chi connectivity index (χ2v) is 6.48. The van der Waals surface area contributed by atoms with Gasteiger partial charge in [-0.15, -0.1) is 0 Å². The van der Waals surface area contributed by atoms with Crippen LogP contribution in [0.15, 0.2) is 56.1 Å². The number of esters is 1. The molecule has 0 atom stereocenters. The topological polar surface area (TPSA) is 56.5 Å². The van der Waals surface area contributed by atoms with E-state index in [1.54, 1.807) is 18.2 Å². The maximum atomic E-state index is 12.3. The van der Waals surface area contributed by atoms with Crippen molar-refractivity contribution in [1.29, 1.82) is 0 Å². The van der Waals surface area contributed by atoms with Crippen molar-refractivity contribution in [3.05, 3.63) is 74.0 Å². The van der Waals surface area contributed by atoms with Crippen LogP contribution in [0.1, 0.15) is 16.7 Å². The molecule has 5 heteroatoms. The Balaban J connectivity index is 2.00. The van der Waals surface area contributed by atoms with Crippen molar-refractivity contribution in [2.75, 3.05) is 0 Å². The zero-order valence-corrected chi connectivity index (χ0v) is 14.2. The number of benzene rings is 2. The van der Waals surface area contributed by atoms with Gasteiger partial charge in [0.05, 0.1) is 11.1 Å². The van der Waals surface area contributed by atoms with Gasteiger partial charge in [0.25, 0.3) is 0 Å². The number of ether oxygens (including phenoxy) is 1. The average Bonchev–Trinajstić information content (AvgIpc) is 2.85. The minimum absolute atomic E-state index is 0.381. The number of hydrogen-bond acceptors (Lipinski definition) is 4. The van der Waals surface area contributed by atoms with Gasteiger partial charge in [-0.2, -0.15) is 0 Å². The van der Waals surface area contributed by atoms with E-state index in [2.05, 4.69) is 15.9 Å². The number of halogens is 1. The molecule has 2 aromatic carbocycles. The van der Waals surface area contributed by atoms with E-state index < -0.39 is 11.6 Å². The molecule has 1 aliphatic heterocycles. The lowest BCUT2D eigenvalue weighted by molar-refractivity contribution is -0.126. The molecule has 0 saturated carbocycles.